The highest BCUT2D eigenvalue weighted by molar-refractivity contribution is 6.31. The lowest BCUT2D eigenvalue weighted by Crippen LogP contribution is -2.12. The van der Waals surface area contributed by atoms with Gasteiger partial charge < -0.3 is 4.74 Å². The lowest BCUT2D eigenvalue weighted by atomic mass is 10.2. The van der Waals surface area contributed by atoms with Crippen LogP contribution in [0.1, 0.15) is 5.56 Å². The monoisotopic (exact) mass is 217 g/mol. The Bertz CT molecular complexity index is 368. The van der Waals surface area contributed by atoms with Crippen LogP contribution in [0.5, 0.6) is 0 Å². The molecule has 1 N–H and O–H groups in total. The first-order valence-corrected chi connectivity index (χ1v) is 4.23. The molecule has 0 fully saturated rings. The molecule has 0 aliphatic carbocycles. The molecule has 1 rings (SSSR count). The summed E-state index contributed by atoms with van der Waals surface area (Å²) in [6, 6.07) is 2.88. The topological polar surface area (TPSA) is 38.3 Å². The van der Waals surface area contributed by atoms with E-state index in [2.05, 4.69) is 10.1 Å². The Kier molecular flexibility index (Phi) is 3.30. The molecular formula is C9H9ClFNO2. The molecule has 0 saturated heterocycles. The number of halogens is 2. The molecule has 0 spiro atoms. The number of carbonyl (C=O) groups is 1. The number of hydrogen-bond acceptors (Lipinski definition) is 2. The summed E-state index contributed by atoms with van der Waals surface area (Å²) in [5.41, 5.74) is 0.347. The van der Waals surface area contributed by atoms with E-state index in [1.54, 1.807) is 0 Å². The first-order chi connectivity index (χ1) is 6.56. The van der Waals surface area contributed by atoms with Crippen molar-refractivity contribution in [2.45, 2.75) is 6.92 Å². The van der Waals surface area contributed by atoms with E-state index in [1.807, 2.05) is 0 Å². The number of ether oxygens (including phenoxy) is 1. The smallest absolute Gasteiger partial charge is 0.411 e. The van der Waals surface area contributed by atoms with Gasteiger partial charge in [0.15, 0.2) is 5.82 Å². The standard InChI is InChI=1S/C9H9ClFNO2/c1-5-6(10)3-4-7(8(5)11)12-9(13)14-2/h3-4H,1-2H3,(H,12,13). The lowest BCUT2D eigenvalue weighted by molar-refractivity contribution is 0.187. The van der Waals surface area contributed by atoms with Crippen LogP contribution in [0.2, 0.25) is 5.02 Å². The van der Waals surface area contributed by atoms with Crippen molar-refractivity contribution in [3.8, 4) is 0 Å². The van der Waals surface area contributed by atoms with Crippen molar-refractivity contribution in [1.29, 1.82) is 0 Å². The molecule has 0 heterocycles. The van der Waals surface area contributed by atoms with Gasteiger partial charge in [-0.2, -0.15) is 0 Å². The maximum absolute atomic E-state index is 13.4. The fraction of sp³-hybridized carbons (Fsp3) is 0.222. The van der Waals surface area contributed by atoms with E-state index < -0.39 is 11.9 Å². The normalized spacial score (nSPS) is 9.71. The van der Waals surface area contributed by atoms with E-state index in [9.17, 15) is 9.18 Å². The van der Waals surface area contributed by atoms with Crippen LogP contribution in [0.4, 0.5) is 14.9 Å². The third-order valence-electron chi connectivity index (χ3n) is 1.74. The maximum Gasteiger partial charge on any atom is 0.411 e. The molecule has 0 radical (unpaired) electrons. The van der Waals surface area contributed by atoms with Gasteiger partial charge in [-0.25, -0.2) is 9.18 Å². The molecular weight excluding hydrogens is 209 g/mol. The van der Waals surface area contributed by atoms with Crippen molar-refractivity contribution in [3.63, 3.8) is 0 Å². The zero-order chi connectivity index (χ0) is 10.7. The maximum atomic E-state index is 13.4. The molecule has 1 amide bonds. The second-order valence-corrected chi connectivity index (χ2v) is 3.06. The van der Waals surface area contributed by atoms with E-state index >= 15 is 0 Å². The minimum Gasteiger partial charge on any atom is -0.453 e. The molecule has 0 aliphatic rings. The molecule has 1 aromatic carbocycles. The molecule has 1 aromatic rings. The summed E-state index contributed by atoms with van der Waals surface area (Å²) in [4.78, 5) is 10.8. The van der Waals surface area contributed by atoms with Crippen LogP contribution in [0, 0.1) is 12.7 Å². The van der Waals surface area contributed by atoms with Crippen LogP contribution in [-0.4, -0.2) is 13.2 Å². The van der Waals surface area contributed by atoms with Crippen LogP contribution in [-0.2, 0) is 4.74 Å². The Hall–Kier alpha value is -1.29. The molecule has 0 bridgehead atoms. The second kappa shape index (κ2) is 4.28. The van der Waals surface area contributed by atoms with Crippen LogP contribution >= 0.6 is 11.6 Å². The van der Waals surface area contributed by atoms with Gasteiger partial charge in [-0.15, -0.1) is 0 Å². The number of anilines is 1. The Labute approximate surface area is 85.8 Å². The Balaban J connectivity index is 3.00. The molecule has 76 valence electrons. The van der Waals surface area contributed by atoms with Crippen molar-refractivity contribution < 1.29 is 13.9 Å². The lowest BCUT2D eigenvalue weighted by Gasteiger charge is -2.07. The van der Waals surface area contributed by atoms with Gasteiger partial charge in [0.1, 0.15) is 0 Å². The summed E-state index contributed by atoms with van der Waals surface area (Å²) in [5, 5.41) is 2.55. The van der Waals surface area contributed by atoms with Crippen LogP contribution in [0.25, 0.3) is 0 Å². The van der Waals surface area contributed by atoms with E-state index in [1.165, 1.54) is 26.2 Å². The Morgan fingerprint density at radius 3 is 2.79 bits per heavy atom. The predicted octanol–water partition coefficient (Wildman–Crippen LogP) is 2.97. The highest BCUT2D eigenvalue weighted by atomic mass is 35.5. The molecule has 0 atom stereocenters. The minimum atomic E-state index is -0.717. The highest BCUT2D eigenvalue weighted by Crippen LogP contribution is 2.24. The van der Waals surface area contributed by atoms with Crippen molar-refractivity contribution in [2.75, 3.05) is 12.4 Å². The fourth-order valence-electron chi connectivity index (χ4n) is 0.919. The Morgan fingerprint density at radius 1 is 1.57 bits per heavy atom. The summed E-state index contributed by atoms with van der Waals surface area (Å²) in [6.45, 7) is 1.53. The van der Waals surface area contributed by atoms with Gasteiger partial charge >= 0.3 is 6.09 Å². The molecule has 0 unspecified atom stereocenters. The molecule has 14 heavy (non-hydrogen) atoms. The summed E-state index contributed by atoms with van der Waals surface area (Å²) >= 11 is 5.67. The number of carbonyl (C=O) groups excluding carboxylic acids is 1. The fourth-order valence-corrected chi connectivity index (χ4v) is 1.06. The van der Waals surface area contributed by atoms with E-state index in [4.69, 9.17) is 11.6 Å². The van der Waals surface area contributed by atoms with E-state index in [0.29, 0.717) is 10.6 Å². The number of amides is 1. The molecule has 0 aromatic heterocycles. The van der Waals surface area contributed by atoms with Crippen molar-refractivity contribution in [3.05, 3.63) is 28.5 Å². The number of rotatable bonds is 1. The number of nitrogens with one attached hydrogen (secondary N) is 1. The van der Waals surface area contributed by atoms with E-state index in [-0.39, 0.29) is 5.69 Å². The quantitative estimate of drug-likeness (QED) is 0.786. The number of benzene rings is 1. The first-order valence-electron chi connectivity index (χ1n) is 3.86. The van der Waals surface area contributed by atoms with Crippen molar-refractivity contribution >= 4 is 23.4 Å². The van der Waals surface area contributed by atoms with Crippen LogP contribution in [0.3, 0.4) is 0 Å². The zero-order valence-electron chi connectivity index (χ0n) is 7.73. The molecule has 5 heteroatoms. The Morgan fingerprint density at radius 2 is 2.21 bits per heavy atom. The zero-order valence-corrected chi connectivity index (χ0v) is 8.48. The molecule has 0 aliphatic heterocycles. The van der Waals surface area contributed by atoms with Gasteiger partial charge in [-0.05, 0) is 19.1 Å². The van der Waals surface area contributed by atoms with Crippen molar-refractivity contribution in [1.82, 2.24) is 0 Å². The third-order valence-corrected chi connectivity index (χ3v) is 2.15. The predicted molar refractivity (Wildman–Crippen MR) is 52.2 cm³/mol. The third kappa shape index (κ3) is 2.14. The van der Waals surface area contributed by atoms with Crippen LogP contribution < -0.4 is 5.32 Å². The first kappa shape index (κ1) is 10.8. The number of methoxy groups -OCH3 is 1. The highest BCUT2D eigenvalue weighted by Gasteiger charge is 2.10. The summed E-state index contributed by atoms with van der Waals surface area (Å²) in [6.07, 6.45) is -0.717. The minimum absolute atomic E-state index is 0.0544. The van der Waals surface area contributed by atoms with E-state index in [0.717, 1.165) is 0 Å². The van der Waals surface area contributed by atoms with Gasteiger partial charge in [0, 0.05) is 10.6 Å². The summed E-state index contributed by atoms with van der Waals surface area (Å²) in [7, 11) is 1.20. The van der Waals surface area contributed by atoms with Gasteiger partial charge in [0.05, 0.1) is 12.8 Å². The SMILES string of the molecule is COC(=O)Nc1ccc(Cl)c(C)c1F. The second-order valence-electron chi connectivity index (χ2n) is 2.65. The van der Waals surface area contributed by atoms with Crippen molar-refractivity contribution in [2.24, 2.45) is 0 Å². The van der Waals surface area contributed by atoms with Gasteiger partial charge in [-0.1, -0.05) is 11.6 Å². The molecule has 0 saturated carbocycles. The van der Waals surface area contributed by atoms with Gasteiger partial charge in [-0.3, -0.25) is 5.32 Å². The number of hydrogen-bond donors (Lipinski definition) is 1. The average molecular weight is 218 g/mol. The largest absolute Gasteiger partial charge is 0.453 e. The van der Waals surface area contributed by atoms with Crippen LogP contribution in [0.15, 0.2) is 12.1 Å². The summed E-state index contributed by atoms with van der Waals surface area (Å²) < 4.78 is 17.7. The van der Waals surface area contributed by atoms with Gasteiger partial charge in [0.2, 0.25) is 0 Å². The average Bonchev–Trinajstić information content (AvgIpc) is 2.19. The molecule has 3 nitrogen and oxygen atoms in total. The summed E-state index contributed by atoms with van der Waals surface area (Å²) in [5.74, 6) is -0.553. The van der Waals surface area contributed by atoms with Gasteiger partial charge in [0.25, 0.3) is 0 Å².